The summed E-state index contributed by atoms with van der Waals surface area (Å²) in [5.41, 5.74) is 7.03. The lowest BCUT2D eigenvalue weighted by molar-refractivity contribution is 0.582. The molecule has 0 saturated carbocycles. The summed E-state index contributed by atoms with van der Waals surface area (Å²) in [6, 6.07) is 29.7. The molecule has 13 heteroatoms. The minimum Gasteiger partial charge on any atom is -0.266 e. The molecule has 0 spiro atoms. The first-order chi connectivity index (χ1) is 24.5. The van der Waals surface area contributed by atoms with E-state index in [1.54, 1.807) is 0 Å². The Bertz CT molecular complexity index is 2700. The number of hydrogen-bond donors (Lipinski definition) is 0. The Morgan fingerprint density at radius 1 is 0.540 bits per heavy atom. The van der Waals surface area contributed by atoms with Gasteiger partial charge < -0.3 is 0 Å². The summed E-state index contributed by atoms with van der Waals surface area (Å²) in [6.07, 6.45) is 0. The third kappa shape index (κ3) is 4.73. The maximum Gasteiger partial charge on any atom is 0.287 e. The molecule has 7 heterocycles. The van der Waals surface area contributed by atoms with Crippen LogP contribution in [0.25, 0.3) is 85.9 Å². The zero-order chi connectivity index (χ0) is 33.9. The smallest absolute Gasteiger partial charge is 0.266 e. The van der Waals surface area contributed by atoms with Crippen LogP contribution in [0.2, 0.25) is 0 Å². The van der Waals surface area contributed by atoms with Gasteiger partial charge in [0, 0.05) is 23.9 Å². The second-order valence-electron chi connectivity index (χ2n) is 11.6. The summed E-state index contributed by atoms with van der Waals surface area (Å²) in [7, 11) is 0. The molecule has 9 aromatic rings. The number of nitrogens with zero attached hydrogens (tertiary/aromatic N) is 9. The molecule has 0 aliphatic heterocycles. The van der Waals surface area contributed by atoms with Crippen LogP contribution < -0.4 is 11.1 Å². The Hall–Kier alpha value is -6.05. The fourth-order valence-corrected chi connectivity index (χ4v) is 8.40. The van der Waals surface area contributed by atoms with Crippen LogP contribution in [0.5, 0.6) is 0 Å². The van der Waals surface area contributed by atoms with Crippen molar-refractivity contribution in [3.63, 3.8) is 0 Å². The van der Waals surface area contributed by atoms with Crippen molar-refractivity contribution in [1.29, 1.82) is 0 Å². The lowest BCUT2D eigenvalue weighted by Gasteiger charge is -2.10. The molecule has 7 aromatic heterocycles. The van der Waals surface area contributed by atoms with Crippen LogP contribution in [0.1, 0.15) is 13.8 Å². The fraction of sp³-hybridized carbons (Fsp3) is 0.108. The molecule has 0 aliphatic carbocycles. The lowest BCUT2D eigenvalue weighted by Crippen LogP contribution is -2.22. The van der Waals surface area contributed by atoms with E-state index >= 15 is 0 Å². The predicted octanol–water partition coefficient (Wildman–Crippen LogP) is 7.22. The number of aromatic nitrogens is 9. The van der Waals surface area contributed by atoms with Gasteiger partial charge in [0.1, 0.15) is 30.1 Å². The van der Waals surface area contributed by atoms with Gasteiger partial charge in [-0.15, -0.1) is 32.9 Å². The Morgan fingerprint density at radius 2 is 0.980 bits per heavy atom. The van der Waals surface area contributed by atoms with Crippen LogP contribution in [0.3, 0.4) is 0 Å². The highest BCUT2D eigenvalue weighted by atomic mass is 32.1. The predicted molar refractivity (Wildman–Crippen MR) is 198 cm³/mol. The summed E-state index contributed by atoms with van der Waals surface area (Å²) in [5, 5.41) is 18.9. The Labute approximate surface area is 291 Å². The molecule has 9 rings (SSSR count). The zero-order valence-electron chi connectivity index (χ0n) is 26.7. The normalized spacial score (nSPS) is 11.7. The molecule has 2 aromatic carbocycles. The van der Waals surface area contributed by atoms with Gasteiger partial charge in [-0.25, -0.2) is 24.3 Å². The molecule has 0 unspecified atom stereocenters. The second kappa shape index (κ2) is 11.8. The largest absolute Gasteiger partial charge is 0.287 e. The molecule has 242 valence electrons. The molecular formula is C37H25N9O2S2. The standard InChI is InChI=1S/C37H25N9O2S2/c1-3-45-36(47)32-30(41-43-45)28-22(20-12-7-5-8-13-20)18-26(39-34(28)49-32)24-16-11-17-25(38-24)27-19-23(21-14-9-6-10-15-21)29-31-33(50-35(29)40-27)37(48)46(4-2)44-42-31/h5-19H,3-4H2,1-2H3. The van der Waals surface area contributed by atoms with Crippen LogP contribution in [0, 0.1) is 0 Å². The topological polar surface area (TPSA) is 134 Å². The molecule has 0 amide bonds. The molecular weight excluding hydrogens is 667 g/mol. The number of benzene rings is 2. The summed E-state index contributed by atoms with van der Waals surface area (Å²) in [5.74, 6) is 0. The van der Waals surface area contributed by atoms with E-state index in [9.17, 15) is 9.59 Å². The van der Waals surface area contributed by atoms with E-state index in [0.717, 1.165) is 33.0 Å². The summed E-state index contributed by atoms with van der Waals surface area (Å²) >= 11 is 2.64. The molecule has 0 N–H and O–H groups in total. The quantitative estimate of drug-likeness (QED) is 0.177. The van der Waals surface area contributed by atoms with E-state index in [4.69, 9.17) is 15.0 Å². The van der Waals surface area contributed by atoms with E-state index in [-0.39, 0.29) is 11.1 Å². The van der Waals surface area contributed by atoms with Crippen molar-refractivity contribution in [2.45, 2.75) is 26.9 Å². The van der Waals surface area contributed by atoms with E-state index in [0.29, 0.717) is 66.0 Å². The highest BCUT2D eigenvalue weighted by molar-refractivity contribution is 7.25. The van der Waals surface area contributed by atoms with Gasteiger partial charge in [-0.3, -0.25) is 9.59 Å². The Morgan fingerprint density at radius 3 is 1.40 bits per heavy atom. The highest BCUT2D eigenvalue weighted by Crippen LogP contribution is 2.41. The highest BCUT2D eigenvalue weighted by Gasteiger charge is 2.22. The molecule has 0 bridgehead atoms. The SMILES string of the molecule is CCn1nnc2c(sc3nc(-c4cccc(-c5cc(-c6ccccc6)c6c(n5)sc5c(=O)n(CC)nnc56)n4)cc(-c4ccccc4)c32)c1=O. The number of pyridine rings is 3. The summed E-state index contributed by atoms with van der Waals surface area (Å²) < 4.78 is 3.76. The zero-order valence-corrected chi connectivity index (χ0v) is 28.4. The third-order valence-corrected chi connectivity index (χ3v) is 10.8. The van der Waals surface area contributed by atoms with Crippen LogP contribution in [0.4, 0.5) is 0 Å². The monoisotopic (exact) mass is 691 g/mol. The van der Waals surface area contributed by atoms with Crippen molar-refractivity contribution in [2.24, 2.45) is 0 Å². The van der Waals surface area contributed by atoms with Crippen LogP contribution >= 0.6 is 22.7 Å². The maximum atomic E-state index is 13.3. The van der Waals surface area contributed by atoms with Gasteiger partial charge in [-0.1, -0.05) is 77.2 Å². The number of rotatable bonds is 6. The van der Waals surface area contributed by atoms with Gasteiger partial charge in [-0.2, -0.15) is 0 Å². The first kappa shape index (κ1) is 30.0. The fourth-order valence-electron chi connectivity index (χ4n) is 6.25. The number of fused-ring (bicyclic) bond motifs is 6. The van der Waals surface area contributed by atoms with E-state index in [1.165, 1.54) is 32.0 Å². The average Bonchev–Trinajstić information content (AvgIpc) is 3.75. The molecule has 0 saturated heterocycles. The average molecular weight is 692 g/mol. The lowest BCUT2D eigenvalue weighted by atomic mass is 10.0. The van der Waals surface area contributed by atoms with E-state index in [1.807, 2.05) is 105 Å². The first-order valence-electron chi connectivity index (χ1n) is 16.0. The minimum absolute atomic E-state index is 0.183. The van der Waals surface area contributed by atoms with Crippen molar-refractivity contribution in [1.82, 2.24) is 44.9 Å². The van der Waals surface area contributed by atoms with Gasteiger partial charge in [0.15, 0.2) is 0 Å². The summed E-state index contributed by atoms with van der Waals surface area (Å²) in [4.78, 5) is 43.1. The molecule has 0 aliphatic rings. The second-order valence-corrected chi connectivity index (χ2v) is 13.6. The number of aryl methyl sites for hydroxylation is 2. The summed E-state index contributed by atoms with van der Waals surface area (Å²) in [6.45, 7) is 4.58. The first-order valence-corrected chi connectivity index (χ1v) is 17.7. The van der Waals surface area contributed by atoms with Crippen molar-refractivity contribution >= 4 is 63.5 Å². The van der Waals surface area contributed by atoms with Crippen molar-refractivity contribution in [3.8, 4) is 45.0 Å². The molecule has 50 heavy (non-hydrogen) atoms. The van der Waals surface area contributed by atoms with Crippen LogP contribution in [-0.2, 0) is 13.1 Å². The maximum absolute atomic E-state index is 13.3. The van der Waals surface area contributed by atoms with E-state index in [2.05, 4.69) is 20.6 Å². The Kier molecular flexibility index (Phi) is 7.10. The Balaban J connectivity index is 1.26. The van der Waals surface area contributed by atoms with E-state index < -0.39 is 0 Å². The molecule has 11 nitrogen and oxygen atoms in total. The molecule has 0 radical (unpaired) electrons. The van der Waals surface area contributed by atoms with Gasteiger partial charge in [-0.05, 0) is 60.4 Å². The number of hydrogen-bond acceptors (Lipinski definition) is 11. The van der Waals surface area contributed by atoms with Crippen LogP contribution in [-0.4, -0.2) is 44.9 Å². The minimum atomic E-state index is -0.183. The van der Waals surface area contributed by atoms with Crippen molar-refractivity contribution < 1.29 is 0 Å². The molecule has 0 atom stereocenters. The van der Waals surface area contributed by atoms with Gasteiger partial charge >= 0.3 is 0 Å². The third-order valence-electron chi connectivity index (χ3n) is 8.68. The van der Waals surface area contributed by atoms with Crippen LogP contribution in [0.15, 0.2) is 101 Å². The number of thiophene rings is 2. The van der Waals surface area contributed by atoms with Gasteiger partial charge in [0.2, 0.25) is 0 Å². The van der Waals surface area contributed by atoms with Gasteiger partial charge in [0.05, 0.1) is 22.8 Å². The van der Waals surface area contributed by atoms with Gasteiger partial charge in [0.25, 0.3) is 11.1 Å². The van der Waals surface area contributed by atoms with Crippen molar-refractivity contribution in [2.75, 3.05) is 0 Å². The van der Waals surface area contributed by atoms with Crippen molar-refractivity contribution in [3.05, 3.63) is 112 Å². The molecule has 0 fully saturated rings.